The molecule has 1 amide bonds. The zero-order chi connectivity index (χ0) is 21.3. The van der Waals surface area contributed by atoms with Crippen molar-refractivity contribution in [2.24, 2.45) is 0 Å². The lowest BCUT2D eigenvalue weighted by atomic mass is 10.1. The number of carbonyl (C=O) groups is 2. The highest BCUT2D eigenvalue weighted by molar-refractivity contribution is 8.00. The van der Waals surface area contributed by atoms with Crippen LogP contribution in [0.1, 0.15) is 5.56 Å². The zero-order valence-corrected chi connectivity index (χ0v) is 17.0. The number of aryl methyl sites for hydroxylation is 2. The maximum absolute atomic E-state index is 13.0. The predicted molar refractivity (Wildman–Crippen MR) is 111 cm³/mol. The Bertz CT molecular complexity index is 993. The number of ether oxygens (including phenoxy) is 2. The predicted octanol–water partition coefficient (Wildman–Crippen LogP) is 4.14. The minimum atomic E-state index is -0.931. The number of nitrogens with zero attached hydrogens (tertiary/aromatic N) is 2. The van der Waals surface area contributed by atoms with Crippen molar-refractivity contribution in [3.8, 4) is 5.88 Å². The van der Waals surface area contributed by atoms with Crippen LogP contribution in [0.5, 0.6) is 5.88 Å². The standard InChI is InChI=1S/C21H20FN3O4S/c1-28-21(27)29-20-18(13-25(24-20)12-11-15-5-3-2-4-6-15)23-19(26)14-30-17-9-7-16(22)8-10-17/h2-10,13H,11-12,14H2,1H3,(H,23,26). The first-order valence-electron chi connectivity index (χ1n) is 9.09. The summed E-state index contributed by atoms with van der Waals surface area (Å²) in [6.07, 6.45) is 1.38. The molecule has 0 unspecified atom stereocenters. The van der Waals surface area contributed by atoms with E-state index in [9.17, 15) is 14.0 Å². The number of methoxy groups -OCH3 is 1. The van der Waals surface area contributed by atoms with E-state index in [4.69, 9.17) is 4.74 Å². The Morgan fingerprint density at radius 2 is 1.87 bits per heavy atom. The number of anilines is 1. The molecule has 0 saturated heterocycles. The summed E-state index contributed by atoms with van der Waals surface area (Å²) in [4.78, 5) is 24.6. The van der Waals surface area contributed by atoms with Crippen LogP contribution in [-0.4, -0.2) is 34.7 Å². The average molecular weight is 429 g/mol. The van der Waals surface area contributed by atoms with Crippen molar-refractivity contribution in [2.45, 2.75) is 17.9 Å². The van der Waals surface area contributed by atoms with E-state index >= 15 is 0 Å². The van der Waals surface area contributed by atoms with Crippen molar-refractivity contribution in [3.63, 3.8) is 0 Å². The largest absolute Gasteiger partial charge is 0.515 e. The van der Waals surface area contributed by atoms with Crippen molar-refractivity contribution in [1.82, 2.24) is 9.78 Å². The Hall–Kier alpha value is -3.33. The molecular formula is C21H20FN3O4S. The number of halogens is 1. The van der Waals surface area contributed by atoms with Gasteiger partial charge in [-0.15, -0.1) is 16.9 Å². The molecule has 0 aliphatic carbocycles. The normalized spacial score (nSPS) is 10.5. The second kappa shape index (κ2) is 10.4. The van der Waals surface area contributed by atoms with E-state index in [1.165, 1.54) is 31.0 Å². The van der Waals surface area contributed by atoms with E-state index in [0.29, 0.717) is 13.0 Å². The SMILES string of the molecule is COC(=O)Oc1nn(CCc2ccccc2)cc1NC(=O)CSc1ccc(F)cc1. The molecule has 0 aliphatic rings. The maximum Gasteiger partial charge on any atom is 0.515 e. The highest BCUT2D eigenvalue weighted by Crippen LogP contribution is 2.24. The molecule has 30 heavy (non-hydrogen) atoms. The van der Waals surface area contributed by atoms with Gasteiger partial charge in [-0.3, -0.25) is 9.48 Å². The van der Waals surface area contributed by atoms with Gasteiger partial charge in [-0.1, -0.05) is 30.3 Å². The summed E-state index contributed by atoms with van der Waals surface area (Å²) in [7, 11) is 1.19. The van der Waals surface area contributed by atoms with Gasteiger partial charge in [0.15, 0.2) is 0 Å². The lowest BCUT2D eigenvalue weighted by Gasteiger charge is -2.05. The van der Waals surface area contributed by atoms with Crippen LogP contribution in [0.3, 0.4) is 0 Å². The first-order chi connectivity index (χ1) is 14.5. The molecule has 3 aromatic rings. The fourth-order valence-corrected chi connectivity index (χ4v) is 3.25. The fraction of sp³-hybridized carbons (Fsp3) is 0.190. The van der Waals surface area contributed by atoms with Gasteiger partial charge < -0.3 is 14.8 Å². The van der Waals surface area contributed by atoms with Gasteiger partial charge in [0.05, 0.1) is 19.1 Å². The van der Waals surface area contributed by atoms with Gasteiger partial charge in [-0.25, -0.2) is 9.18 Å². The molecule has 1 N–H and O–H groups in total. The van der Waals surface area contributed by atoms with Gasteiger partial charge in [-0.05, 0) is 36.2 Å². The number of nitrogens with one attached hydrogen (secondary N) is 1. The Labute approximate surface area is 177 Å². The molecule has 0 radical (unpaired) electrons. The first-order valence-corrected chi connectivity index (χ1v) is 10.1. The van der Waals surface area contributed by atoms with E-state index in [-0.39, 0.29) is 29.0 Å². The van der Waals surface area contributed by atoms with E-state index in [1.54, 1.807) is 23.0 Å². The third-order valence-electron chi connectivity index (χ3n) is 4.00. The van der Waals surface area contributed by atoms with Crippen LogP contribution >= 0.6 is 11.8 Å². The van der Waals surface area contributed by atoms with Gasteiger partial charge in [0.25, 0.3) is 5.88 Å². The fourth-order valence-electron chi connectivity index (χ4n) is 2.55. The zero-order valence-electron chi connectivity index (χ0n) is 16.2. The van der Waals surface area contributed by atoms with E-state index in [0.717, 1.165) is 10.5 Å². The van der Waals surface area contributed by atoms with Gasteiger partial charge in [0.1, 0.15) is 11.5 Å². The number of aromatic nitrogens is 2. The quantitative estimate of drug-likeness (QED) is 0.428. The smallest absolute Gasteiger partial charge is 0.437 e. The molecule has 0 atom stereocenters. The maximum atomic E-state index is 13.0. The molecule has 7 nitrogen and oxygen atoms in total. The van der Waals surface area contributed by atoms with Crippen LogP contribution in [0.2, 0.25) is 0 Å². The van der Waals surface area contributed by atoms with Gasteiger partial charge in [-0.2, -0.15) is 0 Å². The minimum absolute atomic E-state index is 0.0463. The number of thioether (sulfide) groups is 1. The highest BCUT2D eigenvalue weighted by Gasteiger charge is 2.17. The molecule has 9 heteroatoms. The van der Waals surface area contributed by atoms with Crippen LogP contribution < -0.4 is 10.1 Å². The van der Waals surface area contributed by atoms with Crippen molar-refractivity contribution >= 4 is 29.5 Å². The lowest BCUT2D eigenvalue weighted by molar-refractivity contribution is -0.113. The monoisotopic (exact) mass is 429 g/mol. The van der Waals surface area contributed by atoms with E-state index < -0.39 is 6.16 Å². The number of rotatable bonds is 8. The summed E-state index contributed by atoms with van der Waals surface area (Å²) in [6, 6.07) is 15.7. The Kier molecular flexibility index (Phi) is 7.45. The van der Waals surface area contributed by atoms with Crippen LogP contribution in [0.15, 0.2) is 65.7 Å². The average Bonchev–Trinajstić information content (AvgIpc) is 3.13. The summed E-state index contributed by atoms with van der Waals surface area (Å²) in [5.74, 6) is -0.605. The van der Waals surface area contributed by atoms with Crippen molar-refractivity contribution in [1.29, 1.82) is 0 Å². The number of carbonyl (C=O) groups excluding carboxylic acids is 2. The molecule has 0 fully saturated rings. The molecule has 0 saturated carbocycles. The molecule has 0 bridgehead atoms. The number of benzene rings is 2. The number of hydrogen-bond donors (Lipinski definition) is 1. The van der Waals surface area contributed by atoms with Gasteiger partial charge in [0, 0.05) is 11.4 Å². The molecule has 156 valence electrons. The Morgan fingerprint density at radius 3 is 2.57 bits per heavy atom. The van der Waals surface area contributed by atoms with Crippen LogP contribution in [0.25, 0.3) is 0 Å². The van der Waals surface area contributed by atoms with E-state index in [2.05, 4.69) is 15.2 Å². The Balaban J connectivity index is 1.64. The highest BCUT2D eigenvalue weighted by atomic mass is 32.2. The van der Waals surface area contributed by atoms with Crippen molar-refractivity contribution < 1.29 is 23.5 Å². The topological polar surface area (TPSA) is 82.4 Å². The molecule has 1 aromatic heterocycles. The molecule has 0 spiro atoms. The summed E-state index contributed by atoms with van der Waals surface area (Å²) in [6.45, 7) is 0.530. The number of hydrogen-bond acceptors (Lipinski definition) is 6. The second-order valence-corrected chi connectivity index (χ2v) is 7.24. The molecule has 1 heterocycles. The summed E-state index contributed by atoms with van der Waals surface area (Å²) >= 11 is 1.26. The van der Waals surface area contributed by atoms with Crippen LogP contribution in [0, 0.1) is 5.82 Å². The Morgan fingerprint density at radius 1 is 1.13 bits per heavy atom. The van der Waals surface area contributed by atoms with Gasteiger partial charge in [0.2, 0.25) is 5.91 Å². The minimum Gasteiger partial charge on any atom is -0.437 e. The van der Waals surface area contributed by atoms with Crippen molar-refractivity contribution in [3.05, 3.63) is 72.2 Å². The molecular weight excluding hydrogens is 409 g/mol. The second-order valence-electron chi connectivity index (χ2n) is 6.19. The lowest BCUT2D eigenvalue weighted by Crippen LogP contribution is -2.15. The summed E-state index contributed by atoms with van der Waals surface area (Å²) in [5.41, 5.74) is 1.39. The summed E-state index contributed by atoms with van der Waals surface area (Å²) in [5, 5.41) is 6.91. The molecule has 2 aromatic carbocycles. The number of amides is 1. The van der Waals surface area contributed by atoms with Crippen LogP contribution in [-0.2, 0) is 22.5 Å². The van der Waals surface area contributed by atoms with Crippen molar-refractivity contribution in [2.75, 3.05) is 18.2 Å². The third-order valence-corrected chi connectivity index (χ3v) is 5.02. The molecule has 0 aliphatic heterocycles. The first kappa shape index (κ1) is 21.4. The van der Waals surface area contributed by atoms with E-state index in [1.807, 2.05) is 30.3 Å². The van der Waals surface area contributed by atoms with Gasteiger partial charge >= 0.3 is 6.16 Å². The van der Waals surface area contributed by atoms with Crippen LogP contribution in [0.4, 0.5) is 14.9 Å². The summed E-state index contributed by atoms with van der Waals surface area (Å²) < 4.78 is 24.1. The third kappa shape index (κ3) is 6.35. The molecule has 3 rings (SSSR count).